The Bertz CT molecular complexity index is 1190. The predicted octanol–water partition coefficient (Wildman–Crippen LogP) is 4.17. The molecular formula is C25H33FN6O2. The van der Waals surface area contributed by atoms with Crippen molar-refractivity contribution in [2.45, 2.75) is 71.3 Å². The summed E-state index contributed by atoms with van der Waals surface area (Å²) < 4.78 is 22.0. The molecule has 9 heteroatoms. The van der Waals surface area contributed by atoms with E-state index in [-0.39, 0.29) is 29.5 Å². The van der Waals surface area contributed by atoms with E-state index in [1.807, 2.05) is 11.8 Å². The highest BCUT2D eigenvalue weighted by molar-refractivity contribution is 5.87. The van der Waals surface area contributed by atoms with Gasteiger partial charge in [-0.2, -0.15) is 14.8 Å². The molecule has 0 radical (unpaired) electrons. The van der Waals surface area contributed by atoms with Crippen molar-refractivity contribution in [2.24, 2.45) is 0 Å². The second-order valence-corrected chi connectivity index (χ2v) is 10.0. The van der Waals surface area contributed by atoms with Crippen LogP contribution in [0.5, 0.6) is 0 Å². The third kappa shape index (κ3) is 4.10. The number of aryl methyl sites for hydroxylation is 1. The average molecular weight is 469 g/mol. The van der Waals surface area contributed by atoms with Crippen LogP contribution in [0.15, 0.2) is 16.7 Å². The van der Waals surface area contributed by atoms with Crippen LogP contribution < -0.4 is 0 Å². The molecule has 4 heterocycles. The van der Waals surface area contributed by atoms with Crippen molar-refractivity contribution in [1.82, 2.24) is 29.7 Å². The van der Waals surface area contributed by atoms with Crippen molar-refractivity contribution >= 4 is 16.8 Å². The van der Waals surface area contributed by atoms with Gasteiger partial charge in [0, 0.05) is 37.4 Å². The van der Waals surface area contributed by atoms with Crippen molar-refractivity contribution in [2.75, 3.05) is 26.2 Å². The maximum Gasteiger partial charge on any atom is 0.291 e. The van der Waals surface area contributed by atoms with Gasteiger partial charge in [0.15, 0.2) is 0 Å². The molecule has 0 spiro atoms. The summed E-state index contributed by atoms with van der Waals surface area (Å²) in [4.78, 5) is 20.7. The number of nitrogens with zero attached hydrogens (tertiary/aromatic N) is 6. The molecule has 2 saturated heterocycles. The maximum atomic E-state index is 14.9. The van der Waals surface area contributed by atoms with Gasteiger partial charge < -0.3 is 14.3 Å². The van der Waals surface area contributed by atoms with E-state index in [0.29, 0.717) is 17.4 Å². The maximum absolute atomic E-state index is 14.9. The molecule has 2 aliphatic heterocycles. The molecule has 8 nitrogen and oxygen atoms in total. The van der Waals surface area contributed by atoms with Crippen LogP contribution in [-0.2, 0) is 4.79 Å². The third-order valence-corrected chi connectivity index (χ3v) is 7.49. The Balaban J connectivity index is 1.31. The van der Waals surface area contributed by atoms with Gasteiger partial charge in [-0.25, -0.2) is 4.39 Å². The summed E-state index contributed by atoms with van der Waals surface area (Å²) in [7, 11) is 0. The zero-order valence-electron chi connectivity index (χ0n) is 20.4. The normalized spacial score (nSPS) is 18.9. The minimum absolute atomic E-state index is 0.141. The first-order valence-corrected chi connectivity index (χ1v) is 12.3. The predicted molar refractivity (Wildman–Crippen MR) is 127 cm³/mol. The second-order valence-electron chi connectivity index (χ2n) is 10.0. The Morgan fingerprint density at radius 3 is 2.47 bits per heavy atom. The zero-order valence-corrected chi connectivity index (χ0v) is 20.4. The number of fused-ring (bicyclic) bond motifs is 1. The summed E-state index contributed by atoms with van der Waals surface area (Å²) in [5.74, 6) is 1.05. The first kappa shape index (κ1) is 23.0. The highest BCUT2D eigenvalue weighted by atomic mass is 19.1. The Kier molecular flexibility index (Phi) is 6.14. The van der Waals surface area contributed by atoms with Gasteiger partial charge in [-0.3, -0.25) is 4.79 Å². The van der Waals surface area contributed by atoms with Gasteiger partial charge in [-0.1, -0.05) is 19.9 Å². The molecule has 0 saturated carbocycles. The van der Waals surface area contributed by atoms with E-state index in [1.54, 1.807) is 13.0 Å². The zero-order chi connectivity index (χ0) is 24.0. The monoisotopic (exact) mass is 468 g/mol. The van der Waals surface area contributed by atoms with Crippen LogP contribution in [0.4, 0.5) is 4.39 Å². The van der Waals surface area contributed by atoms with Gasteiger partial charge in [0.2, 0.25) is 11.8 Å². The molecule has 0 N–H and O–H groups in total. The van der Waals surface area contributed by atoms with Crippen LogP contribution in [0.25, 0.3) is 16.9 Å². The number of carbonyl (C=O) groups excluding carboxylic acids is 1. The number of likely N-dealkylation sites (tertiary alicyclic amines) is 2. The summed E-state index contributed by atoms with van der Waals surface area (Å²) in [6.45, 7) is 11.4. The van der Waals surface area contributed by atoms with Gasteiger partial charge in [-0.15, -0.1) is 0 Å². The summed E-state index contributed by atoms with van der Waals surface area (Å²) in [5.41, 5.74) is 2.22. The van der Waals surface area contributed by atoms with E-state index in [1.165, 1.54) is 10.7 Å². The summed E-state index contributed by atoms with van der Waals surface area (Å²) in [6, 6.07) is 3.79. The lowest BCUT2D eigenvalue weighted by molar-refractivity contribution is -0.130. The number of hydrogen-bond acceptors (Lipinski definition) is 6. The smallest absolute Gasteiger partial charge is 0.291 e. The van der Waals surface area contributed by atoms with Crippen LogP contribution in [0.1, 0.15) is 75.4 Å². The van der Waals surface area contributed by atoms with Gasteiger partial charge in [0.1, 0.15) is 11.3 Å². The molecule has 34 heavy (non-hydrogen) atoms. The second kappa shape index (κ2) is 9.09. The number of aromatic nitrogens is 4. The molecule has 5 rings (SSSR count). The minimum atomic E-state index is -0.338. The van der Waals surface area contributed by atoms with E-state index in [4.69, 9.17) is 4.52 Å². The molecule has 0 atom stereocenters. The molecule has 3 aromatic rings. The topological polar surface area (TPSA) is 80.3 Å². The van der Waals surface area contributed by atoms with Crippen molar-refractivity contribution < 1.29 is 13.7 Å². The fourth-order valence-corrected chi connectivity index (χ4v) is 5.49. The molecule has 1 aromatic carbocycles. The number of hydrogen-bond donors (Lipinski definition) is 0. The van der Waals surface area contributed by atoms with Crippen LogP contribution in [0.3, 0.4) is 0 Å². The van der Waals surface area contributed by atoms with E-state index >= 15 is 0 Å². The number of benzene rings is 1. The number of rotatable bonds is 4. The van der Waals surface area contributed by atoms with Gasteiger partial charge in [0.25, 0.3) is 5.95 Å². The summed E-state index contributed by atoms with van der Waals surface area (Å²) in [6.07, 6.45) is 3.95. The van der Waals surface area contributed by atoms with Crippen molar-refractivity contribution in [3.05, 3.63) is 35.1 Å². The standard InChI is InChI=1S/C25H33FN6O2/c1-15(2)22-21-16(3)5-6-20(26)23(21)32(28-22)25-27-24(34-29-25)18-7-11-31(12-8-18)19-9-13-30(14-10-19)17(4)33/h5-6,15,18-19H,7-14H2,1-4H3. The average Bonchev–Trinajstić information content (AvgIpc) is 3.48. The quantitative estimate of drug-likeness (QED) is 0.572. The van der Waals surface area contributed by atoms with Gasteiger partial charge in [-0.05, 0) is 68.4 Å². The van der Waals surface area contributed by atoms with Crippen LogP contribution in [0, 0.1) is 12.7 Å². The minimum Gasteiger partial charge on any atom is -0.343 e. The van der Waals surface area contributed by atoms with Crippen LogP contribution >= 0.6 is 0 Å². The molecule has 2 aromatic heterocycles. The fraction of sp³-hybridized carbons (Fsp3) is 0.600. The molecule has 1 amide bonds. The number of amides is 1. The molecule has 182 valence electrons. The first-order valence-electron chi connectivity index (χ1n) is 12.3. The lowest BCUT2D eigenvalue weighted by Crippen LogP contribution is -2.48. The third-order valence-electron chi connectivity index (χ3n) is 7.49. The Morgan fingerprint density at radius 2 is 1.82 bits per heavy atom. The Hall–Kier alpha value is -2.81. The number of carbonyl (C=O) groups is 1. The molecule has 0 unspecified atom stereocenters. The van der Waals surface area contributed by atoms with Crippen LogP contribution in [-0.4, -0.2) is 67.8 Å². The van der Waals surface area contributed by atoms with Crippen molar-refractivity contribution in [1.29, 1.82) is 0 Å². The van der Waals surface area contributed by atoms with E-state index in [2.05, 4.69) is 34.0 Å². The van der Waals surface area contributed by atoms with Gasteiger partial charge >= 0.3 is 0 Å². The SMILES string of the molecule is CC(=O)N1CCC(N2CCC(c3nc(-n4nc(C(C)C)c5c(C)ccc(F)c54)no3)CC2)CC1. The highest BCUT2D eigenvalue weighted by Gasteiger charge is 2.32. The van der Waals surface area contributed by atoms with Crippen molar-refractivity contribution in [3.8, 4) is 5.95 Å². The van der Waals surface area contributed by atoms with Crippen LogP contribution in [0.2, 0.25) is 0 Å². The Morgan fingerprint density at radius 1 is 1.12 bits per heavy atom. The van der Waals surface area contributed by atoms with Crippen molar-refractivity contribution in [3.63, 3.8) is 0 Å². The van der Waals surface area contributed by atoms with Gasteiger partial charge in [0.05, 0.1) is 5.69 Å². The molecule has 0 bridgehead atoms. The molecule has 0 aliphatic carbocycles. The van der Waals surface area contributed by atoms with E-state index in [0.717, 1.165) is 68.5 Å². The largest absolute Gasteiger partial charge is 0.343 e. The highest BCUT2D eigenvalue weighted by Crippen LogP contribution is 2.33. The Labute approximate surface area is 199 Å². The lowest BCUT2D eigenvalue weighted by Gasteiger charge is -2.41. The molecule has 2 aliphatic rings. The number of halogens is 1. The fourth-order valence-electron chi connectivity index (χ4n) is 5.49. The number of piperidine rings is 2. The first-order chi connectivity index (χ1) is 16.3. The lowest BCUT2D eigenvalue weighted by atomic mass is 9.93. The summed E-state index contributed by atoms with van der Waals surface area (Å²) >= 11 is 0. The van der Waals surface area contributed by atoms with E-state index < -0.39 is 0 Å². The molecule has 2 fully saturated rings. The molecular weight excluding hydrogens is 435 g/mol. The summed E-state index contributed by atoms with van der Waals surface area (Å²) in [5, 5.41) is 9.70. The van der Waals surface area contributed by atoms with E-state index in [9.17, 15) is 9.18 Å².